The van der Waals surface area contributed by atoms with Crippen molar-refractivity contribution in [2.45, 2.75) is 19.8 Å². The second-order valence-corrected chi connectivity index (χ2v) is 5.45. The topological polar surface area (TPSA) is 33.2 Å². The van der Waals surface area contributed by atoms with Crippen molar-refractivity contribution in [2.24, 2.45) is 0 Å². The molecule has 0 aliphatic carbocycles. The number of amides is 1. The largest absolute Gasteiger partial charge is 0.341 e. The molecule has 0 saturated carbocycles. The fourth-order valence-electron chi connectivity index (χ4n) is 1.83. The number of hydrogen-bond acceptors (Lipinski definition) is 3. The number of likely N-dealkylation sites (N-methyl/N-ethyl adjacent to an activating group) is 1. The first-order valence-electron chi connectivity index (χ1n) is 6.43. The van der Waals surface area contributed by atoms with E-state index in [-0.39, 0.29) is 5.91 Å². The maximum atomic E-state index is 12.2. The Hall–Kier alpha value is -1.68. The van der Waals surface area contributed by atoms with Gasteiger partial charge >= 0.3 is 0 Å². The number of aromatic nitrogens is 1. The summed E-state index contributed by atoms with van der Waals surface area (Å²) in [5.74, 6) is 0.0897. The summed E-state index contributed by atoms with van der Waals surface area (Å²) in [6.45, 7) is 2.79. The molecule has 3 nitrogen and oxygen atoms in total. The number of thiophene rings is 1. The lowest BCUT2D eigenvalue weighted by Crippen LogP contribution is -2.28. The molecule has 0 radical (unpaired) electrons. The lowest BCUT2D eigenvalue weighted by Gasteiger charge is -2.16. The van der Waals surface area contributed by atoms with E-state index in [9.17, 15) is 4.79 Å². The minimum atomic E-state index is 0.0897. The standard InChI is InChI=1S/C15H18N2OS/c1-3-14-10-12(11-19-14)15(18)17(2)9-7-13-6-4-5-8-16-13/h4-6,8,10-11H,3,7,9H2,1-2H3. The second kappa shape index (κ2) is 6.48. The van der Waals surface area contributed by atoms with Gasteiger partial charge in [0.05, 0.1) is 5.56 Å². The summed E-state index contributed by atoms with van der Waals surface area (Å²) in [7, 11) is 1.84. The molecule has 1 amide bonds. The molecule has 0 spiro atoms. The Kier molecular flexibility index (Phi) is 4.68. The monoisotopic (exact) mass is 274 g/mol. The van der Waals surface area contributed by atoms with Crippen LogP contribution in [0.5, 0.6) is 0 Å². The highest BCUT2D eigenvalue weighted by molar-refractivity contribution is 7.10. The normalized spacial score (nSPS) is 10.4. The van der Waals surface area contributed by atoms with Crippen molar-refractivity contribution in [3.8, 4) is 0 Å². The molecule has 2 aromatic rings. The number of nitrogens with zero attached hydrogens (tertiary/aromatic N) is 2. The third-order valence-electron chi connectivity index (χ3n) is 3.03. The maximum Gasteiger partial charge on any atom is 0.254 e. The van der Waals surface area contributed by atoms with Gasteiger partial charge in [-0.05, 0) is 24.6 Å². The molecule has 2 aromatic heterocycles. The molecule has 0 aromatic carbocycles. The average molecular weight is 274 g/mol. The van der Waals surface area contributed by atoms with Crippen LogP contribution in [0.4, 0.5) is 0 Å². The van der Waals surface area contributed by atoms with Gasteiger partial charge < -0.3 is 4.90 Å². The zero-order valence-corrected chi connectivity index (χ0v) is 12.1. The van der Waals surface area contributed by atoms with Crippen LogP contribution in [0.25, 0.3) is 0 Å². The molecule has 0 unspecified atom stereocenters. The minimum Gasteiger partial charge on any atom is -0.341 e. The molecule has 0 atom stereocenters. The van der Waals surface area contributed by atoms with Crippen molar-refractivity contribution in [2.75, 3.05) is 13.6 Å². The van der Waals surface area contributed by atoms with E-state index in [0.717, 1.165) is 24.1 Å². The predicted molar refractivity (Wildman–Crippen MR) is 78.6 cm³/mol. The summed E-state index contributed by atoms with van der Waals surface area (Å²) in [4.78, 5) is 19.5. The van der Waals surface area contributed by atoms with Gasteiger partial charge in [0, 0.05) is 42.2 Å². The van der Waals surface area contributed by atoms with Gasteiger partial charge in [0.25, 0.3) is 5.91 Å². The van der Waals surface area contributed by atoms with E-state index in [4.69, 9.17) is 0 Å². The van der Waals surface area contributed by atoms with Crippen LogP contribution in [0, 0.1) is 0 Å². The number of rotatable bonds is 5. The number of aryl methyl sites for hydroxylation is 1. The molecule has 0 aliphatic rings. The Morgan fingerprint density at radius 1 is 1.42 bits per heavy atom. The Bertz CT molecular complexity index is 536. The number of carbonyl (C=O) groups excluding carboxylic acids is 1. The van der Waals surface area contributed by atoms with E-state index in [2.05, 4.69) is 11.9 Å². The van der Waals surface area contributed by atoms with E-state index >= 15 is 0 Å². The summed E-state index contributed by atoms with van der Waals surface area (Å²) in [6.07, 6.45) is 3.55. The van der Waals surface area contributed by atoms with Crippen LogP contribution < -0.4 is 0 Å². The highest BCUT2D eigenvalue weighted by Crippen LogP contribution is 2.16. The number of pyridine rings is 1. The molecule has 0 aliphatic heterocycles. The third kappa shape index (κ3) is 3.64. The fraction of sp³-hybridized carbons (Fsp3) is 0.333. The SMILES string of the molecule is CCc1cc(C(=O)N(C)CCc2ccccn2)cs1. The number of carbonyl (C=O) groups is 1. The summed E-state index contributed by atoms with van der Waals surface area (Å²) in [6, 6.07) is 7.84. The molecule has 2 rings (SSSR count). The van der Waals surface area contributed by atoms with Gasteiger partial charge in [-0.2, -0.15) is 0 Å². The van der Waals surface area contributed by atoms with E-state index < -0.39 is 0 Å². The Labute approximate surface area is 117 Å². The van der Waals surface area contributed by atoms with Crippen LogP contribution in [0.15, 0.2) is 35.8 Å². The zero-order valence-electron chi connectivity index (χ0n) is 11.3. The molecule has 4 heteroatoms. The zero-order chi connectivity index (χ0) is 13.7. The van der Waals surface area contributed by atoms with Crippen LogP contribution in [-0.2, 0) is 12.8 Å². The third-order valence-corrected chi connectivity index (χ3v) is 4.11. The second-order valence-electron chi connectivity index (χ2n) is 4.45. The van der Waals surface area contributed by atoms with Crippen LogP contribution in [0.1, 0.15) is 27.9 Å². The van der Waals surface area contributed by atoms with Gasteiger partial charge in [0.1, 0.15) is 0 Å². The number of hydrogen-bond donors (Lipinski definition) is 0. The van der Waals surface area contributed by atoms with E-state index in [1.165, 1.54) is 4.88 Å². The summed E-state index contributed by atoms with van der Waals surface area (Å²) in [5, 5.41) is 1.94. The average Bonchev–Trinajstić information content (AvgIpc) is 2.94. The van der Waals surface area contributed by atoms with Gasteiger partial charge in [-0.3, -0.25) is 9.78 Å². The molecule has 0 fully saturated rings. The lowest BCUT2D eigenvalue weighted by molar-refractivity contribution is 0.0797. The molecule has 2 heterocycles. The van der Waals surface area contributed by atoms with Crippen LogP contribution in [-0.4, -0.2) is 29.4 Å². The van der Waals surface area contributed by atoms with Crippen LogP contribution >= 0.6 is 11.3 Å². The molecule has 0 saturated heterocycles. The van der Waals surface area contributed by atoms with E-state index in [1.54, 1.807) is 22.4 Å². The summed E-state index contributed by atoms with van der Waals surface area (Å²) >= 11 is 1.65. The van der Waals surface area contributed by atoms with Gasteiger partial charge in [-0.25, -0.2) is 0 Å². The predicted octanol–water partition coefficient (Wildman–Crippen LogP) is 3.02. The lowest BCUT2D eigenvalue weighted by atomic mass is 10.2. The van der Waals surface area contributed by atoms with Gasteiger partial charge in [0.15, 0.2) is 0 Å². The Morgan fingerprint density at radius 2 is 2.26 bits per heavy atom. The molecule has 100 valence electrons. The first kappa shape index (κ1) is 13.7. The van der Waals surface area contributed by atoms with Gasteiger partial charge in [0.2, 0.25) is 0 Å². The van der Waals surface area contributed by atoms with Crippen molar-refractivity contribution in [1.29, 1.82) is 0 Å². The first-order valence-corrected chi connectivity index (χ1v) is 7.31. The Balaban J connectivity index is 1.92. The minimum absolute atomic E-state index is 0.0897. The molecular weight excluding hydrogens is 256 g/mol. The Morgan fingerprint density at radius 3 is 2.89 bits per heavy atom. The summed E-state index contributed by atoms with van der Waals surface area (Å²) in [5.41, 5.74) is 1.81. The van der Waals surface area contributed by atoms with E-state index in [0.29, 0.717) is 6.54 Å². The smallest absolute Gasteiger partial charge is 0.254 e. The maximum absolute atomic E-state index is 12.2. The molecular formula is C15H18N2OS. The highest BCUT2D eigenvalue weighted by Gasteiger charge is 2.13. The van der Waals surface area contributed by atoms with Gasteiger partial charge in [-0.1, -0.05) is 13.0 Å². The molecule has 19 heavy (non-hydrogen) atoms. The van der Waals surface area contributed by atoms with Crippen molar-refractivity contribution in [1.82, 2.24) is 9.88 Å². The van der Waals surface area contributed by atoms with Gasteiger partial charge in [-0.15, -0.1) is 11.3 Å². The first-order chi connectivity index (χ1) is 9.20. The van der Waals surface area contributed by atoms with Crippen LogP contribution in [0.2, 0.25) is 0 Å². The molecule has 0 bridgehead atoms. The van der Waals surface area contributed by atoms with Crippen molar-refractivity contribution in [3.63, 3.8) is 0 Å². The van der Waals surface area contributed by atoms with Crippen molar-refractivity contribution in [3.05, 3.63) is 52.0 Å². The van der Waals surface area contributed by atoms with Crippen LogP contribution in [0.3, 0.4) is 0 Å². The highest BCUT2D eigenvalue weighted by atomic mass is 32.1. The molecule has 0 N–H and O–H groups in total. The van der Waals surface area contributed by atoms with Crippen molar-refractivity contribution < 1.29 is 4.79 Å². The fourth-order valence-corrected chi connectivity index (χ4v) is 2.64. The summed E-state index contributed by atoms with van der Waals surface area (Å²) < 4.78 is 0. The van der Waals surface area contributed by atoms with E-state index in [1.807, 2.05) is 36.7 Å². The quantitative estimate of drug-likeness (QED) is 0.839. The van der Waals surface area contributed by atoms with Crippen molar-refractivity contribution >= 4 is 17.2 Å².